The van der Waals surface area contributed by atoms with Crippen LogP contribution in [-0.4, -0.2) is 42.0 Å². The molecule has 1 aromatic carbocycles. The lowest BCUT2D eigenvalue weighted by atomic mass is 10.1. The quantitative estimate of drug-likeness (QED) is 0.526. The number of hydrogen-bond acceptors (Lipinski definition) is 6. The molecule has 3 aromatic rings. The van der Waals surface area contributed by atoms with Gasteiger partial charge < -0.3 is 28.3 Å². The number of fused-ring (bicyclic) bond motifs is 1. The Hall–Kier alpha value is -2.74. The molecule has 0 N–H and O–H groups in total. The predicted molar refractivity (Wildman–Crippen MR) is 122 cm³/mol. The SMILES string of the molecule is Cc1c(C)n(CC2OCCO2)c2c(OC(Cc3ccccc3)C3=COCO3)ccnc12.Cl. The third kappa shape index (κ3) is 4.41. The van der Waals surface area contributed by atoms with E-state index < -0.39 is 0 Å². The Morgan fingerprint density at radius 1 is 1.12 bits per heavy atom. The van der Waals surface area contributed by atoms with E-state index in [1.54, 1.807) is 12.5 Å². The third-order valence-corrected chi connectivity index (χ3v) is 5.83. The fraction of sp³-hybridized carbons (Fsp3) is 0.375. The Bertz CT molecular complexity index is 1090. The topological polar surface area (TPSA) is 64.0 Å². The summed E-state index contributed by atoms with van der Waals surface area (Å²) in [5.41, 5.74) is 5.26. The first-order valence-electron chi connectivity index (χ1n) is 10.5. The van der Waals surface area contributed by atoms with E-state index in [1.807, 2.05) is 24.3 Å². The highest BCUT2D eigenvalue weighted by Gasteiger charge is 2.26. The molecule has 2 aliphatic rings. The van der Waals surface area contributed by atoms with E-state index in [1.165, 1.54) is 0 Å². The molecule has 0 saturated carbocycles. The second-order valence-electron chi connectivity index (χ2n) is 7.74. The summed E-state index contributed by atoms with van der Waals surface area (Å²) in [4.78, 5) is 4.63. The first-order chi connectivity index (χ1) is 15.2. The molecule has 2 aromatic heterocycles. The second kappa shape index (κ2) is 9.81. The summed E-state index contributed by atoms with van der Waals surface area (Å²) in [7, 11) is 0. The van der Waals surface area contributed by atoms with E-state index in [9.17, 15) is 0 Å². The molecule has 1 saturated heterocycles. The van der Waals surface area contributed by atoms with E-state index in [0.717, 1.165) is 33.6 Å². The minimum Gasteiger partial charge on any atom is -0.480 e. The molecule has 0 aliphatic carbocycles. The third-order valence-electron chi connectivity index (χ3n) is 5.83. The Balaban J connectivity index is 0.00000245. The molecule has 8 heteroatoms. The lowest BCUT2D eigenvalue weighted by Gasteiger charge is -2.21. The fourth-order valence-electron chi connectivity index (χ4n) is 4.10. The van der Waals surface area contributed by atoms with Crippen molar-refractivity contribution >= 4 is 23.4 Å². The van der Waals surface area contributed by atoms with Gasteiger partial charge in [0, 0.05) is 24.4 Å². The van der Waals surface area contributed by atoms with Gasteiger partial charge in [-0.15, -0.1) is 12.4 Å². The molecule has 2 aliphatic heterocycles. The summed E-state index contributed by atoms with van der Waals surface area (Å²) in [6.45, 7) is 6.21. The maximum Gasteiger partial charge on any atom is 0.230 e. The van der Waals surface area contributed by atoms with Crippen LogP contribution in [0.2, 0.25) is 0 Å². The van der Waals surface area contributed by atoms with Crippen molar-refractivity contribution in [3.8, 4) is 5.75 Å². The molecule has 170 valence electrons. The average molecular weight is 459 g/mol. The number of benzene rings is 1. The number of aryl methyl sites for hydroxylation is 1. The molecule has 1 fully saturated rings. The molecule has 0 spiro atoms. The molecular formula is C24H27ClN2O5. The van der Waals surface area contributed by atoms with Gasteiger partial charge >= 0.3 is 0 Å². The van der Waals surface area contributed by atoms with Gasteiger partial charge in [-0.25, -0.2) is 0 Å². The molecule has 1 unspecified atom stereocenters. The lowest BCUT2D eigenvalue weighted by Crippen LogP contribution is -2.24. The minimum atomic E-state index is -0.321. The highest BCUT2D eigenvalue weighted by Crippen LogP contribution is 2.33. The van der Waals surface area contributed by atoms with Crippen LogP contribution >= 0.6 is 12.4 Å². The maximum atomic E-state index is 6.57. The molecule has 0 radical (unpaired) electrons. The Morgan fingerprint density at radius 3 is 2.62 bits per heavy atom. The van der Waals surface area contributed by atoms with Gasteiger partial charge in [0.1, 0.15) is 17.5 Å². The van der Waals surface area contributed by atoms with Gasteiger partial charge in [0.25, 0.3) is 0 Å². The number of halogens is 1. The van der Waals surface area contributed by atoms with Gasteiger partial charge in [0.2, 0.25) is 6.79 Å². The van der Waals surface area contributed by atoms with Crippen molar-refractivity contribution in [2.45, 2.75) is 39.2 Å². The number of nitrogens with zero attached hydrogens (tertiary/aromatic N) is 2. The van der Waals surface area contributed by atoms with Crippen molar-refractivity contribution in [1.29, 1.82) is 0 Å². The lowest BCUT2D eigenvalue weighted by molar-refractivity contribution is -0.0520. The normalized spacial score (nSPS) is 16.9. The van der Waals surface area contributed by atoms with Crippen molar-refractivity contribution in [3.63, 3.8) is 0 Å². The van der Waals surface area contributed by atoms with Crippen LogP contribution in [0.3, 0.4) is 0 Å². The van der Waals surface area contributed by atoms with Crippen LogP contribution in [0, 0.1) is 13.8 Å². The van der Waals surface area contributed by atoms with E-state index in [-0.39, 0.29) is 31.6 Å². The molecule has 0 bridgehead atoms. The number of ether oxygens (including phenoxy) is 5. The van der Waals surface area contributed by atoms with Crippen LogP contribution in [0.25, 0.3) is 11.0 Å². The van der Waals surface area contributed by atoms with Crippen LogP contribution in [-0.2, 0) is 31.9 Å². The van der Waals surface area contributed by atoms with Gasteiger partial charge in [0.15, 0.2) is 18.2 Å². The van der Waals surface area contributed by atoms with Crippen LogP contribution in [0.5, 0.6) is 5.75 Å². The molecule has 32 heavy (non-hydrogen) atoms. The zero-order chi connectivity index (χ0) is 21.2. The smallest absolute Gasteiger partial charge is 0.230 e. The van der Waals surface area contributed by atoms with Crippen molar-refractivity contribution in [3.05, 3.63) is 71.4 Å². The summed E-state index contributed by atoms with van der Waals surface area (Å²) in [6.07, 6.45) is 3.50. The van der Waals surface area contributed by atoms with Crippen molar-refractivity contribution in [2.24, 2.45) is 0 Å². The summed E-state index contributed by atoms with van der Waals surface area (Å²) in [6, 6.07) is 12.1. The standard InChI is InChI=1S/C24H26N2O5.ClH/c1-16-17(2)26(13-22-28-10-11-29-22)24-19(8-9-25-23(16)24)31-20(21-14-27-15-30-21)12-18-6-4-3-5-7-18;/h3-9,14,20,22H,10-13,15H2,1-2H3;1H. The second-order valence-corrected chi connectivity index (χ2v) is 7.74. The highest BCUT2D eigenvalue weighted by molar-refractivity contribution is 5.86. The van der Waals surface area contributed by atoms with Crippen LogP contribution in [0.1, 0.15) is 16.8 Å². The molecule has 4 heterocycles. The van der Waals surface area contributed by atoms with Crippen molar-refractivity contribution in [2.75, 3.05) is 20.0 Å². The summed E-state index contributed by atoms with van der Waals surface area (Å²) < 4.78 is 31.2. The molecular weight excluding hydrogens is 432 g/mol. The van der Waals surface area contributed by atoms with E-state index in [2.05, 4.69) is 35.5 Å². The monoisotopic (exact) mass is 458 g/mol. The van der Waals surface area contributed by atoms with Crippen LogP contribution in [0.4, 0.5) is 0 Å². The van der Waals surface area contributed by atoms with Gasteiger partial charge in [-0.3, -0.25) is 4.98 Å². The molecule has 5 rings (SSSR count). The van der Waals surface area contributed by atoms with Gasteiger partial charge in [-0.1, -0.05) is 30.3 Å². The van der Waals surface area contributed by atoms with E-state index in [0.29, 0.717) is 31.9 Å². The van der Waals surface area contributed by atoms with E-state index in [4.69, 9.17) is 23.7 Å². The summed E-state index contributed by atoms with van der Waals surface area (Å²) in [5.74, 6) is 1.43. The Morgan fingerprint density at radius 2 is 1.91 bits per heavy atom. The van der Waals surface area contributed by atoms with E-state index >= 15 is 0 Å². The fourth-order valence-corrected chi connectivity index (χ4v) is 4.10. The van der Waals surface area contributed by atoms with Gasteiger partial charge in [-0.05, 0) is 25.0 Å². The molecule has 0 amide bonds. The number of rotatable bonds is 7. The highest BCUT2D eigenvalue weighted by atomic mass is 35.5. The molecule has 7 nitrogen and oxygen atoms in total. The van der Waals surface area contributed by atoms with Gasteiger partial charge in [0.05, 0.1) is 25.3 Å². The Labute approximate surface area is 193 Å². The summed E-state index contributed by atoms with van der Waals surface area (Å²) >= 11 is 0. The first-order valence-corrected chi connectivity index (χ1v) is 10.5. The molecule has 1 atom stereocenters. The van der Waals surface area contributed by atoms with Crippen molar-refractivity contribution < 1.29 is 23.7 Å². The van der Waals surface area contributed by atoms with Gasteiger partial charge in [-0.2, -0.15) is 0 Å². The first kappa shape index (κ1) is 22.5. The van der Waals surface area contributed by atoms with Crippen LogP contribution < -0.4 is 4.74 Å². The zero-order valence-corrected chi connectivity index (χ0v) is 19.0. The summed E-state index contributed by atoms with van der Waals surface area (Å²) in [5, 5.41) is 0. The number of pyridine rings is 1. The zero-order valence-electron chi connectivity index (χ0n) is 18.2. The largest absolute Gasteiger partial charge is 0.480 e. The maximum absolute atomic E-state index is 6.57. The number of hydrogen-bond donors (Lipinski definition) is 0. The van der Waals surface area contributed by atoms with Crippen LogP contribution in [0.15, 0.2) is 54.6 Å². The number of aromatic nitrogens is 2. The predicted octanol–water partition coefficient (Wildman–Crippen LogP) is 4.28. The minimum absolute atomic E-state index is 0. The Kier molecular flexibility index (Phi) is 6.89. The van der Waals surface area contributed by atoms with Crippen molar-refractivity contribution in [1.82, 2.24) is 9.55 Å². The average Bonchev–Trinajstić information content (AvgIpc) is 3.54.